The Bertz CT molecular complexity index is 586. The molecule has 0 aromatic heterocycles. The van der Waals surface area contributed by atoms with E-state index in [1.807, 2.05) is 0 Å². The van der Waals surface area contributed by atoms with E-state index in [1.165, 1.54) is 30.4 Å². The van der Waals surface area contributed by atoms with Crippen molar-refractivity contribution in [1.29, 1.82) is 0 Å². The molecule has 1 aromatic rings. The first-order valence-electron chi connectivity index (χ1n) is 10.8. The zero-order valence-electron chi connectivity index (χ0n) is 20.4. The Labute approximate surface area is 170 Å². The summed E-state index contributed by atoms with van der Waals surface area (Å²) in [6, 6.07) is 8.77. The SMILES string of the molecule is CC(C)(C)C1=C(C(C)(C)C)CCC1.CC(C)(C)c1ccccc1C(C)(C)C. The molecule has 0 saturated heterocycles. The van der Waals surface area contributed by atoms with E-state index in [2.05, 4.69) is 107 Å². The van der Waals surface area contributed by atoms with Gasteiger partial charge >= 0.3 is 0 Å². The summed E-state index contributed by atoms with van der Waals surface area (Å²) in [4.78, 5) is 0. The molecule has 0 spiro atoms. The van der Waals surface area contributed by atoms with Gasteiger partial charge in [0.25, 0.3) is 0 Å². The predicted octanol–water partition coefficient (Wildman–Crippen LogP) is 8.84. The van der Waals surface area contributed by atoms with Crippen LogP contribution in [0.2, 0.25) is 0 Å². The van der Waals surface area contributed by atoms with Gasteiger partial charge in [-0.2, -0.15) is 0 Å². The second-order valence-corrected chi connectivity index (χ2v) is 12.4. The van der Waals surface area contributed by atoms with E-state index in [-0.39, 0.29) is 10.8 Å². The van der Waals surface area contributed by atoms with E-state index in [9.17, 15) is 0 Å². The Balaban J connectivity index is 0.000000271. The average molecular weight is 371 g/mol. The second kappa shape index (κ2) is 8.14. The minimum Gasteiger partial charge on any atom is -0.0651 e. The van der Waals surface area contributed by atoms with Crippen molar-refractivity contribution in [3.05, 3.63) is 46.5 Å². The molecule has 0 amide bonds. The third-order valence-corrected chi connectivity index (χ3v) is 5.57. The zero-order valence-corrected chi connectivity index (χ0v) is 20.4. The third kappa shape index (κ3) is 6.81. The Hall–Kier alpha value is -1.04. The van der Waals surface area contributed by atoms with Crippen LogP contribution in [0, 0.1) is 10.8 Å². The monoisotopic (exact) mass is 370 g/mol. The Morgan fingerprint density at radius 2 is 0.778 bits per heavy atom. The topological polar surface area (TPSA) is 0 Å². The van der Waals surface area contributed by atoms with Gasteiger partial charge in [-0.05, 0) is 52.0 Å². The molecule has 0 radical (unpaired) electrons. The van der Waals surface area contributed by atoms with Crippen LogP contribution >= 0.6 is 0 Å². The van der Waals surface area contributed by atoms with Crippen molar-refractivity contribution in [2.75, 3.05) is 0 Å². The molecule has 0 saturated carbocycles. The summed E-state index contributed by atoms with van der Waals surface area (Å²) >= 11 is 0. The van der Waals surface area contributed by atoms with Crippen molar-refractivity contribution in [2.24, 2.45) is 10.8 Å². The molecule has 0 unspecified atom stereocenters. The van der Waals surface area contributed by atoms with Crippen molar-refractivity contribution in [2.45, 2.75) is 113 Å². The van der Waals surface area contributed by atoms with Crippen molar-refractivity contribution >= 4 is 0 Å². The van der Waals surface area contributed by atoms with E-state index in [0.717, 1.165) is 0 Å². The summed E-state index contributed by atoms with van der Waals surface area (Å²) in [5, 5.41) is 0. The average Bonchev–Trinajstić information content (AvgIpc) is 2.96. The lowest BCUT2D eigenvalue weighted by atomic mass is 9.75. The molecule has 154 valence electrons. The number of allylic oxidation sites excluding steroid dienone is 2. The van der Waals surface area contributed by atoms with Crippen LogP contribution in [0.1, 0.15) is 113 Å². The molecular weight excluding hydrogens is 324 g/mol. The molecule has 1 aliphatic carbocycles. The highest BCUT2D eigenvalue weighted by atomic mass is 14.4. The minimum absolute atomic E-state index is 0.240. The van der Waals surface area contributed by atoms with E-state index in [0.29, 0.717) is 10.8 Å². The molecule has 0 N–H and O–H groups in total. The molecule has 0 nitrogen and oxygen atoms in total. The molecule has 1 aliphatic rings. The van der Waals surface area contributed by atoms with Gasteiger partial charge in [-0.1, -0.05) is 118 Å². The number of hydrogen-bond acceptors (Lipinski definition) is 0. The van der Waals surface area contributed by atoms with Gasteiger partial charge in [0.2, 0.25) is 0 Å². The first-order valence-corrected chi connectivity index (χ1v) is 10.8. The lowest BCUT2D eigenvalue weighted by Gasteiger charge is -2.29. The van der Waals surface area contributed by atoms with Gasteiger partial charge in [0.1, 0.15) is 0 Å². The highest BCUT2D eigenvalue weighted by Crippen LogP contribution is 2.45. The van der Waals surface area contributed by atoms with Crippen molar-refractivity contribution in [3.8, 4) is 0 Å². The van der Waals surface area contributed by atoms with Crippen LogP contribution in [0.3, 0.4) is 0 Å². The van der Waals surface area contributed by atoms with Crippen LogP contribution in [0.4, 0.5) is 0 Å². The molecular formula is C27H46. The standard InChI is InChI=1S/C14H22.C13H24/c1-13(2,3)11-9-7-8-10-12(11)14(4,5)6;1-12(2,3)10-8-7-9-11(10)13(4,5)6/h7-10H,1-6H3;7-9H2,1-6H3. The maximum absolute atomic E-state index is 2.35. The van der Waals surface area contributed by atoms with E-state index < -0.39 is 0 Å². The Morgan fingerprint density at radius 1 is 0.481 bits per heavy atom. The molecule has 1 aromatic carbocycles. The molecule has 0 heterocycles. The molecule has 0 heteroatoms. The quantitative estimate of drug-likeness (QED) is 0.400. The van der Waals surface area contributed by atoms with Crippen LogP contribution in [0.25, 0.3) is 0 Å². The van der Waals surface area contributed by atoms with Gasteiger partial charge < -0.3 is 0 Å². The summed E-state index contributed by atoms with van der Waals surface area (Å²) in [6.45, 7) is 27.7. The van der Waals surface area contributed by atoms with Gasteiger partial charge in [0.15, 0.2) is 0 Å². The van der Waals surface area contributed by atoms with Crippen molar-refractivity contribution in [3.63, 3.8) is 0 Å². The molecule has 0 aliphatic heterocycles. The fraction of sp³-hybridized carbons (Fsp3) is 0.704. The van der Waals surface area contributed by atoms with Crippen LogP contribution in [-0.2, 0) is 10.8 Å². The highest BCUT2D eigenvalue weighted by Gasteiger charge is 2.30. The van der Waals surface area contributed by atoms with Gasteiger partial charge in [-0.3, -0.25) is 0 Å². The Kier molecular flexibility index (Phi) is 7.23. The lowest BCUT2D eigenvalue weighted by Crippen LogP contribution is -2.21. The number of benzene rings is 1. The minimum atomic E-state index is 0.240. The molecule has 0 bridgehead atoms. The molecule has 0 atom stereocenters. The lowest BCUT2D eigenvalue weighted by molar-refractivity contribution is 0.445. The smallest absolute Gasteiger partial charge is 0.0129 e. The van der Waals surface area contributed by atoms with Crippen molar-refractivity contribution in [1.82, 2.24) is 0 Å². The number of rotatable bonds is 0. The maximum atomic E-state index is 2.35. The van der Waals surface area contributed by atoms with Crippen LogP contribution in [0.5, 0.6) is 0 Å². The predicted molar refractivity (Wildman–Crippen MR) is 124 cm³/mol. The van der Waals surface area contributed by atoms with E-state index in [4.69, 9.17) is 0 Å². The Morgan fingerprint density at radius 3 is 1.00 bits per heavy atom. The zero-order chi connectivity index (χ0) is 21.3. The maximum Gasteiger partial charge on any atom is -0.0129 e. The van der Waals surface area contributed by atoms with E-state index in [1.54, 1.807) is 11.1 Å². The highest BCUT2D eigenvalue weighted by molar-refractivity contribution is 5.37. The number of hydrogen-bond donors (Lipinski definition) is 0. The second-order valence-electron chi connectivity index (χ2n) is 12.4. The van der Waals surface area contributed by atoms with Crippen LogP contribution in [0.15, 0.2) is 35.4 Å². The molecule has 0 fully saturated rings. The summed E-state index contributed by atoms with van der Waals surface area (Å²) in [5.74, 6) is 0. The molecule has 27 heavy (non-hydrogen) atoms. The van der Waals surface area contributed by atoms with Crippen LogP contribution < -0.4 is 0 Å². The normalized spacial score (nSPS) is 16.3. The first-order chi connectivity index (χ1) is 12.0. The van der Waals surface area contributed by atoms with Gasteiger partial charge in [-0.15, -0.1) is 0 Å². The van der Waals surface area contributed by atoms with Gasteiger partial charge in [0.05, 0.1) is 0 Å². The third-order valence-electron chi connectivity index (χ3n) is 5.57. The van der Waals surface area contributed by atoms with E-state index >= 15 is 0 Å². The first kappa shape index (κ1) is 24.0. The van der Waals surface area contributed by atoms with Gasteiger partial charge in [-0.25, -0.2) is 0 Å². The summed E-state index contributed by atoms with van der Waals surface area (Å²) in [6.07, 6.45) is 4.03. The van der Waals surface area contributed by atoms with Crippen molar-refractivity contribution < 1.29 is 0 Å². The summed E-state index contributed by atoms with van der Waals surface area (Å²) < 4.78 is 0. The van der Waals surface area contributed by atoms with Gasteiger partial charge in [0, 0.05) is 0 Å². The van der Waals surface area contributed by atoms with Crippen LogP contribution in [-0.4, -0.2) is 0 Å². The molecule has 2 rings (SSSR count). The fourth-order valence-corrected chi connectivity index (χ4v) is 4.19. The summed E-state index contributed by atoms with van der Waals surface area (Å²) in [5.41, 5.74) is 7.63. The largest absolute Gasteiger partial charge is 0.0651 e. The fourth-order valence-electron chi connectivity index (χ4n) is 4.19. The summed E-state index contributed by atoms with van der Waals surface area (Å²) in [7, 11) is 0.